The molecule has 0 N–H and O–H groups in total. The summed E-state index contributed by atoms with van der Waals surface area (Å²) < 4.78 is 10.3. The van der Waals surface area contributed by atoms with Crippen LogP contribution in [0.3, 0.4) is 0 Å². The molecule has 0 heterocycles. The summed E-state index contributed by atoms with van der Waals surface area (Å²) in [5.41, 5.74) is 3.61. The van der Waals surface area contributed by atoms with E-state index in [1.54, 1.807) is 12.1 Å². The topological polar surface area (TPSA) is 52.6 Å². The molecule has 2 rings (SSSR count). The van der Waals surface area contributed by atoms with Gasteiger partial charge in [0.1, 0.15) is 11.5 Å². The van der Waals surface area contributed by atoms with Crippen LogP contribution >= 0.6 is 0 Å². The molecule has 0 amide bonds. The van der Waals surface area contributed by atoms with Gasteiger partial charge >= 0.3 is 11.9 Å². The van der Waals surface area contributed by atoms with Crippen LogP contribution in [0.5, 0.6) is 11.5 Å². The van der Waals surface area contributed by atoms with Crippen LogP contribution in [0.25, 0.3) is 11.1 Å². The Kier molecular flexibility index (Phi) is 5.32. The standard InChI is InChI=1S/C20H18O4/c1-5-19(21)23-17-9-7-15(11-13(17)3)16-8-10-18(14(4)12-16)24-20(22)6-2/h5-12H,1-2H2,3-4H3. The summed E-state index contributed by atoms with van der Waals surface area (Å²) in [4.78, 5) is 22.6. The van der Waals surface area contributed by atoms with Crippen molar-refractivity contribution in [1.29, 1.82) is 0 Å². The van der Waals surface area contributed by atoms with Gasteiger partial charge in [-0.3, -0.25) is 0 Å². The van der Waals surface area contributed by atoms with E-state index in [1.807, 2.05) is 38.1 Å². The second-order valence-electron chi connectivity index (χ2n) is 5.21. The van der Waals surface area contributed by atoms with Crippen LogP contribution in [0.2, 0.25) is 0 Å². The zero-order valence-electron chi connectivity index (χ0n) is 13.7. The van der Waals surface area contributed by atoms with Gasteiger partial charge < -0.3 is 9.47 Å². The number of esters is 2. The summed E-state index contributed by atoms with van der Waals surface area (Å²) in [5.74, 6) is 0.0129. The average molecular weight is 322 g/mol. The van der Waals surface area contributed by atoms with Crippen LogP contribution in [0, 0.1) is 13.8 Å². The molecule has 0 spiro atoms. The lowest BCUT2D eigenvalue weighted by Gasteiger charge is -2.11. The molecule has 4 heteroatoms. The number of rotatable bonds is 5. The molecule has 0 saturated heterocycles. The molecule has 2 aromatic carbocycles. The van der Waals surface area contributed by atoms with Crippen LogP contribution in [-0.4, -0.2) is 11.9 Å². The molecule has 0 bridgehead atoms. The number of carbonyl (C=O) groups excluding carboxylic acids is 2. The third-order valence-electron chi connectivity index (χ3n) is 3.44. The number of ether oxygens (including phenoxy) is 2. The summed E-state index contributed by atoms with van der Waals surface area (Å²) in [5, 5.41) is 0. The minimum Gasteiger partial charge on any atom is -0.423 e. The van der Waals surface area contributed by atoms with Gasteiger partial charge in [-0.2, -0.15) is 0 Å². The van der Waals surface area contributed by atoms with Crippen molar-refractivity contribution >= 4 is 11.9 Å². The number of hydrogen-bond acceptors (Lipinski definition) is 4. The quantitative estimate of drug-likeness (QED) is 0.471. The number of benzene rings is 2. The Balaban J connectivity index is 2.28. The molecule has 24 heavy (non-hydrogen) atoms. The van der Waals surface area contributed by atoms with Gasteiger partial charge in [0.15, 0.2) is 0 Å². The first-order chi connectivity index (χ1) is 11.4. The van der Waals surface area contributed by atoms with Crippen molar-refractivity contribution in [3.05, 3.63) is 72.8 Å². The van der Waals surface area contributed by atoms with E-state index >= 15 is 0 Å². The molecule has 0 aliphatic rings. The van der Waals surface area contributed by atoms with Crippen LogP contribution < -0.4 is 9.47 Å². The van der Waals surface area contributed by atoms with Gasteiger partial charge in [0, 0.05) is 12.2 Å². The van der Waals surface area contributed by atoms with Gasteiger partial charge in [-0.15, -0.1) is 0 Å². The Morgan fingerprint density at radius 2 is 1.17 bits per heavy atom. The maximum absolute atomic E-state index is 11.3. The van der Waals surface area contributed by atoms with E-state index in [4.69, 9.17) is 9.47 Å². The first-order valence-electron chi connectivity index (χ1n) is 7.34. The van der Waals surface area contributed by atoms with Gasteiger partial charge in [0.2, 0.25) is 0 Å². The van der Waals surface area contributed by atoms with E-state index in [1.165, 1.54) is 0 Å². The van der Waals surface area contributed by atoms with Crippen molar-refractivity contribution in [3.8, 4) is 22.6 Å². The van der Waals surface area contributed by atoms with Gasteiger partial charge in [0.25, 0.3) is 0 Å². The van der Waals surface area contributed by atoms with Gasteiger partial charge in [0.05, 0.1) is 0 Å². The van der Waals surface area contributed by atoms with E-state index in [0.717, 1.165) is 34.4 Å². The third-order valence-corrected chi connectivity index (χ3v) is 3.44. The van der Waals surface area contributed by atoms with E-state index in [-0.39, 0.29) is 0 Å². The molecule has 0 unspecified atom stereocenters. The Bertz CT molecular complexity index is 749. The smallest absolute Gasteiger partial charge is 0.335 e. The van der Waals surface area contributed by atoms with Crippen molar-refractivity contribution in [3.63, 3.8) is 0 Å². The second-order valence-corrected chi connectivity index (χ2v) is 5.21. The van der Waals surface area contributed by atoms with Crippen molar-refractivity contribution in [2.45, 2.75) is 13.8 Å². The molecule has 0 aromatic heterocycles. The maximum atomic E-state index is 11.3. The fourth-order valence-electron chi connectivity index (χ4n) is 2.19. The predicted molar refractivity (Wildman–Crippen MR) is 93.0 cm³/mol. The Morgan fingerprint density at radius 3 is 1.46 bits per heavy atom. The zero-order valence-corrected chi connectivity index (χ0v) is 13.7. The SMILES string of the molecule is C=CC(=O)Oc1ccc(-c2ccc(OC(=O)C=C)c(C)c2)cc1C. The molecule has 0 radical (unpaired) electrons. The number of hydrogen-bond donors (Lipinski definition) is 0. The van der Waals surface area contributed by atoms with Crippen LogP contribution in [0.15, 0.2) is 61.7 Å². The highest BCUT2D eigenvalue weighted by atomic mass is 16.5. The molecule has 0 fully saturated rings. The second kappa shape index (κ2) is 7.42. The Morgan fingerprint density at radius 1 is 0.792 bits per heavy atom. The monoisotopic (exact) mass is 322 g/mol. The first-order valence-corrected chi connectivity index (χ1v) is 7.34. The number of carbonyl (C=O) groups is 2. The van der Waals surface area contributed by atoms with E-state index in [2.05, 4.69) is 13.2 Å². The lowest BCUT2D eigenvalue weighted by molar-refractivity contribution is -0.129. The molecule has 0 atom stereocenters. The van der Waals surface area contributed by atoms with Gasteiger partial charge in [-0.05, 0) is 60.4 Å². The summed E-state index contributed by atoms with van der Waals surface area (Å²) in [6, 6.07) is 11.1. The molecule has 2 aromatic rings. The largest absolute Gasteiger partial charge is 0.423 e. The average Bonchev–Trinajstić information content (AvgIpc) is 2.58. The van der Waals surface area contributed by atoms with E-state index in [9.17, 15) is 9.59 Å². The van der Waals surface area contributed by atoms with Crippen molar-refractivity contribution < 1.29 is 19.1 Å². The Hall–Kier alpha value is -3.14. The summed E-state index contributed by atoms with van der Waals surface area (Å²) >= 11 is 0. The summed E-state index contributed by atoms with van der Waals surface area (Å²) in [6.07, 6.45) is 2.25. The van der Waals surface area contributed by atoms with Crippen LogP contribution in [0.4, 0.5) is 0 Å². The summed E-state index contributed by atoms with van der Waals surface area (Å²) in [6.45, 7) is 10.5. The lowest BCUT2D eigenvalue weighted by Crippen LogP contribution is -2.04. The highest BCUT2D eigenvalue weighted by Gasteiger charge is 2.09. The van der Waals surface area contributed by atoms with Crippen molar-refractivity contribution in [2.75, 3.05) is 0 Å². The third kappa shape index (κ3) is 3.98. The van der Waals surface area contributed by atoms with E-state index in [0.29, 0.717) is 11.5 Å². The van der Waals surface area contributed by atoms with Crippen LogP contribution in [-0.2, 0) is 9.59 Å². The molecular weight excluding hydrogens is 304 g/mol. The fraction of sp³-hybridized carbons (Fsp3) is 0.100. The summed E-state index contributed by atoms with van der Waals surface area (Å²) in [7, 11) is 0. The molecule has 122 valence electrons. The molecule has 0 aliphatic carbocycles. The van der Waals surface area contributed by atoms with Crippen molar-refractivity contribution in [1.82, 2.24) is 0 Å². The predicted octanol–water partition coefficient (Wildman–Crippen LogP) is 4.15. The highest BCUT2D eigenvalue weighted by Crippen LogP contribution is 2.29. The number of aryl methyl sites for hydroxylation is 2. The molecule has 0 saturated carbocycles. The first kappa shape index (κ1) is 17.2. The van der Waals surface area contributed by atoms with Crippen molar-refractivity contribution in [2.24, 2.45) is 0 Å². The maximum Gasteiger partial charge on any atom is 0.335 e. The minimum absolute atomic E-state index is 0.491. The van der Waals surface area contributed by atoms with Gasteiger partial charge in [-0.25, -0.2) is 9.59 Å². The minimum atomic E-state index is -0.491. The molecule has 0 aliphatic heterocycles. The Labute approximate surface area is 141 Å². The fourth-order valence-corrected chi connectivity index (χ4v) is 2.19. The molecular formula is C20H18O4. The lowest BCUT2D eigenvalue weighted by atomic mass is 10.0. The van der Waals surface area contributed by atoms with Gasteiger partial charge in [-0.1, -0.05) is 25.3 Å². The normalized spacial score (nSPS) is 9.92. The highest BCUT2D eigenvalue weighted by molar-refractivity contribution is 5.84. The van der Waals surface area contributed by atoms with Crippen LogP contribution in [0.1, 0.15) is 11.1 Å². The van der Waals surface area contributed by atoms with E-state index < -0.39 is 11.9 Å². The molecule has 4 nitrogen and oxygen atoms in total. The zero-order chi connectivity index (χ0) is 17.7.